The van der Waals surface area contributed by atoms with Gasteiger partial charge in [-0.05, 0) is 67.6 Å². The molecule has 1 aliphatic heterocycles. The van der Waals surface area contributed by atoms with E-state index in [2.05, 4.69) is 0 Å². The minimum absolute atomic E-state index is 0.126. The van der Waals surface area contributed by atoms with Crippen molar-refractivity contribution in [3.8, 4) is 5.75 Å². The van der Waals surface area contributed by atoms with Crippen molar-refractivity contribution in [2.24, 2.45) is 0 Å². The molecule has 0 saturated carbocycles. The van der Waals surface area contributed by atoms with E-state index < -0.39 is 22.0 Å². The van der Waals surface area contributed by atoms with E-state index in [1.807, 2.05) is 0 Å². The van der Waals surface area contributed by atoms with Gasteiger partial charge < -0.3 is 14.2 Å². The lowest BCUT2D eigenvalue weighted by atomic mass is 9.71. The third kappa shape index (κ3) is 5.20. The van der Waals surface area contributed by atoms with E-state index in [0.29, 0.717) is 58.8 Å². The average molecular weight is 611 g/mol. The fourth-order valence-electron chi connectivity index (χ4n) is 5.46. The van der Waals surface area contributed by atoms with Crippen LogP contribution >= 0.6 is 34.8 Å². The van der Waals surface area contributed by atoms with Crippen LogP contribution in [0.15, 0.2) is 63.8 Å². The summed E-state index contributed by atoms with van der Waals surface area (Å²) in [6, 6.07) is 8.25. The minimum Gasteiger partial charge on any atom is -0.480 e. The van der Waals surface area contributed by atoms with Gasteiger partial charge in [-0.1, -0.05) is 34.8 Å². The lowest BCUT2D eigenvalue weighted by Crippen LogP contribution is -2.41. The van der Waals surface area contributed by atoms with E-state index in [9.17, 15) is 27.9 Å². The molecule has 39 heavy (non-hydrogen) atoms. The number of carbonyl (C=O) groups excluding carboxylic acids is 2. The van der Waals surface area contributed by atoms with Crippen LogP contribution in [0.4, 0.5) is 0 Å². The Labute approximate surface area is 239 Å². The number of carboxylic acids is 1. The molecule has 2 aliphatic carbocycles. The number of aliphatic carboxylic acids is 1. The Morgan fingerprint density at radius 3 is 1.90 bits per heavy atom. The van der Waals surface area contributed by atoms with Crippen LogP contribution < -0.4 is 4.18 Å². The number of ketones is 2. The van der Waals surface area contributed by atoms with Crippen molar-refractivity contribution in [1.29, 1.82) is 0 Å². The largest absolute Gasteiger partial charge is 0.480 e. The molecule has 1 N–H and O–H groups in total. The summed E-state index contributed by atoms with van der Waals surface area (Å²) in [5, 5.41) is 9.69. The molecule has 0 saturated heterocycles. The lowest BCUT2D eigenvalue weighted by molar-refractivity contribution is -0.138. The zero-order chi connectivity index (χ0) is 28.1. The number of rotatable bonds is 6. The van der Waals surface area contributed by atoms with Crippen molar-refractivity contribution >= 4 is 62.5 Å². The molecule has 0 spiro atoms. The van der Waals surface area contributed by atoms with Crippen LogP contribution in [0.2, 0.25) is 15.1 Å². The molecule has 2 aromatic carbocycles. The summed E-state index contributed by atoms with van der Waals surface area (Å²) < 4.78 is 31.0. The summed E-state index contributed by atoms with van der Waals surface area (Å²) in [6.07, 6.45) is 2.61. The molecule has 0 unspecified atom stereocenters. The second-order valence-electron chi connectivity index (χ2n) is 9.49. The van der Waals surface area contributed by atoms with Gasteiger partial charge in [0.1, 0.15) is 11.4 Å². The van der Waals surface area contributed by atoms with Crippen molar-refractivity contribution in [1.82, 2.24) is 4.90 Å². The van der Waals surface area contributed by atoms with Crippen LogP contribution in [-0.2, 0) is 24.5 Å². The number of Topliss-reactive ketones (excluding diaryl/α,β-unsaturated/α-hetero) is 2. The summed E-state index contributed by atoms with van der Waals surface area (Å²) in [4.78, 5) is 39.8. The Morgan fingerprint density at radius 2 is 1.41 bits per heavy atom. The third-order valence-electron chi connectivity index (χ3n) is 7.03. The van der Waals surface area contributed by atoms with Gasteiger partial charge in [0.05, 0.1) is 10.0 Å². The van der Waals surface area contributed by atoms with Gasteiger partial charge in [0.25, 0.3) is 0 Å². The smallest absolute Gasteiger partial charge is 0.339 e. The van der Waals surface area contributed by atoms with Crippen LogP contribution in [0.25, 0.3) is 0 Å². The van der Waals surface area contributed by atoms with Gasteiger partial charge in [-0.15, -0.1) is 0 Å². The second kappa shape index (κ2) is 10.6. The molecule has 0 aromatic heterocycles. The molecule has 0 amide bonds. The molecule has 8 nitrogen and oxygen atoms in total. The fraction of sp³-hybridized carbons (Fsp3) is 0.296. The number of allylic oxidation sites excluding steroid dienone is 4. The molecular weight excluding hydrogens is 589 g/mol. The maximum absolute atomic E-state index is 13.3. The van der Waals surface area contributed by atoms with Crippen molar-refractivity contribution < 1.29 is 32.1 Å². The molecule has 3 aliphatic rings. The van der Waals surface area contributed by atoms with E-state index in [0.717, 1.165) is 0 Å². The van der Waals surface area contributed by atoms with Crippen LogP contribution in [0, 0.1) is 0 Å². The first-order valence-electron chi connectivity index (χ1n) is 12.2. The van der Waals surface area contributed by atoms with Crippen molar-refractivity contribution in [3.63, 3.8) is 0 Å². The monoisotopic (exact) mass is 609 g/mol. The van der Waals surface area contributed by atoms with E-state index in [4.69, 9.17) is 39.0 Å². The van der Waals surface area contributed by atoms with Gasteiger partial charge in [0, 0.05) is 46.3 Å². The SMILES string of the molecule is O=C(O)CN1C2=C(C(=O)CCC2)C(c2cc(Cl)c(OS(=O)(=O)c3ccc(Cl)cc3)c(Cl)c2)C2=C1CCCC2=O. The van der Waals surface area contributed by atoms with E-state index in [1.54, 1.807) is 4.90 Å². The first-order valence-corrected chi connectivity index (χ1v) is 14.7. The number of hydrogen-bond acceptors (Lipinski definition) is 7. The maximum atomic E-state index is 13.3. The minimum atomic E-state index is -4.30. The third-order valence-corrected chi connectivity index (χ3v) is 9.08. The van der Waals surface area contributed by atoms with E-state index in [1.165, 1.54) is 36.4 Å². The van der Waals surface area contributed by atoms with Gasteiger partial charge in [-0.2, -0.15) is 8.42 Å². The van der Waals surface area contributed by atoms with Crippen LogP contribution in [0.1, 0.15) is 50.0 Å². The number of benzene rings is 2. The van der Waals surface area contributed by atoms with Crippen molar-refractivity contribution in [3.05, 3.63) is 79.6 Å². The predicted octanol–water partition coefficient (Wildman–Crippen LogP) is 5.91. The predicted molar refractivity (Wildman–Crippen MR) is 145 cm³/mol. The molecule has 204 valence electrons. The normalized spacial score (nSPS) is 18.3. The van der Waals surface area contributed by atoms with Gasteiger partial charge in [-0.25, -0.2) is 0 Å². The topological polar surface area (TPSA) is 118 Å². The summed E-state index contributed by atoms with van der Waals surface area (Å²) in [7, 11) is -4.30. The highest BCUT2D eigenvalue weighted by atomic mass is 35.5. The first-order chi connectivity index (χ1) is 18.5. The number of halogens is 3. The standard InChI is InChI=1S/C27H22Cl3NO7S/c28-15-7-9-16(10-8-15)39(36,37)38-27-17(29)11-14(12-18(27)30)24-25-19(3-1-5-21(25)32)31(13-23(34)35)20-4-2-6-22(33)26(20)24/h7-12,24H,1-6,13H2,(H,34,35). The first kappa shape index (κ1) is 27.7. The van der Waals surface area contributed by atoms with Crippen LogP contribution in [-0.4, -0.2) is 42.5 Å². The Balaban J connectivity index is 1.62. The molecule has 0 radical (unpaired) electrons. The van der Waals surface area contributed by atoms with E-state index >= 15 is 0 Å². The average Bonchev–Trinajstić information content (AvgIpc) is 2.87. The summed E-state index contributed by atoms with van der Waals surface area (Å²) >= 11 is 18.9. The van der Waals surface area contributed by atoms with Crippen molar-refractivity contribution in [2.45, 2.75) is 49.3 Å². The molecule has 0 atom stereocenters. The zero-order valence-electron chi connectivity index (χ0n) is 20.4. The Bertz CT molecular complexity index is 1510. The van der Waals surface area contributed by atoms with Crippen molar-refractivity contribution in [2.75, 3.05) is 6.54 Å². The lowest BCUT2D eigenvalue weighted by Gasteiger charge is -2.43. The Morgan fingerprint density at radius 1 is 0.897 bits per heavy atom. The molecule has 5 rings (SSSR count). The van der Waals surface area contributed by atoms with Gasteiger partial charge in [0.2, 0.25) is 0 Å². The van der Waals surface area contributed by atoms with Crippen LogP contribution in [0.3, 0.4) is 0 Å². The highest BCUT2D eigenvalue weighted by Crippen LogP contribution is 2.50. The molecule has 0 bridgehead atoms. The maximum Gasteiger partial charge on any atom is 0.339 e. The highest BCUT2D eigenvalue weighted by molar-refractivity contribution is 7.87. The number of nitrogens with zero attached hydrogens (tertiary/aromatic N) is 1. The number of carbonyl (C=O) groups is 3. The Kier molecular flexibility index (Phi) is 7.54. The van der Waals surface area contributed by atoms with Gasteiger partial charge in [0.15, 0.2) is 17.3 Å². The molecule has 0 fully saturated rings. The van der Waals surface area contributed by atoms with Gasteiger partial charge >= 0.3 is 16.1 Å². The number of hydrogen-bond donors (Lipinski definition) is 1. The van der Waals surface area contributed by atoms with Crippen LogP contribution in [0.5, 0.6) is 5.75 Å². The zero-order valence-corrected chi connectivity index (χ0v) is 23.5. The quantitative estimate of drug-likeness (QED) is 0.401. The van der Waals surface area contributed by atoms with E-state index in [-0.39, 0.29) is 51.6 Å². The Hall–Kier alpha value is -2.85. The fourth-order valence-corrected chi connectivity index (χ4v) is 7.22. The molecule has 12 heteroatoms. The number of carboxylic acid groups (broad SMARTS) is 1. The molecule has 1 heterocycles. The summed E-state index contributed by atoms with van der Waals surface area (Å²) in [6.45, 7) is -0.359. The highest BCUT2D eigenvalue weighted by Gasteiger charge is 2.44. The molecular formula is C27H22Cl3NO7S. The second-order valence-corrected chi connectivity index (χ2v) is 12.3. The van der Waals surface area contributed by atoms with Gasteiger partial charge in [-0.3, -0.25) is 14.4 Å². The summed E-state index contributed by atoms with van der Waals surface area (Å²) in [5.74, 6) is -2.54. The summed E-state index contributed by atoms with van der Waals surface area (Å²) in [5.41, 5.74) is 2.30. The molecule has 2 aromatic rings.